The standard InChI is InChI=1S/C23H20B2N6O3/c1-12-7-17(28-9-14(12)8-26)21-30-29-19(33-21)11-31-6-5-27-18(10-31)15-3-4-16-20(13(15)2)23(24,25)34-22(16)32/h3-4,7,9,18,27H,5-6,10-11H2,1-2H3/t18-/m0/s1. The molecular weight excluding hydrogens is 430 g/mol. The quantitative estimate of drug-likeness (QED) is 0.465. The van der Waals surface area contributed by atoms with Gasteiger partial charge in [0.05, 0.1) is 23.1 Å². The fourth-order valence-electron chi connectivity index (χ4n) is 4.60. The van der Waals surface area contributed by atoms with Crippen LogP contribution in [0.25, 0.3) is 11.6 Å². The number of piperazine rings is 1. The highest BCUT2D eigenvalue weighted by atomic mass is 16.6. The van der Waals surface area contributed by atoms with Crippen molar-refractivity contribution in [2.45, 2.75) is 31.8 Å². The Morgan fingerprint density at radius 2 is 2.15 bits per heavy atom. The first-order valence-corrected chi connectivity index (χ1v) is 10.9. The van der Waals surface area contributed by atoms with Crippen molar-refractivity contribution in [1.82, 2.24) is 25.4 Å². The molecule has 5 rings (SSSR count). The Hall–Kier alpha value is -3.48. The maximum atomic E-state index is 12.1. The zero-order valence-electron chi connectivity index (χ0n) is 18.8. The second-order valence-corrected chi connectivity index (χ2v) is 8.62. The minimum absolute atomic E-state index is 0.00390. The Balaban J connectivity index is 1.33. The molecule has 4 radical (unpaired) electrons. The second kappa shape index (κ2) is 8.38. The zero-order valence-corrected chi connectivity index (χ0v) is 18.8. The molecule has 2 aromatic heterocycles. The van der Waals surface area contributed by atoms with Crippen LogP contribution in [-0.2, 0) is 16.7 Å². The van der Waals surface area contributed by atoms with E-state index in [-0.39, 0.29) is 6.04 Å². The molecule has 34 heavy (non-hydrogen) atoms. The number of esters is 1. The number of ether oxygens (including phenoxy) is 1. The average molecular weight is 450 g/mol. The summed E-state index contributed by atoms with van der Waals surface area (Å²) in [4.78, 5) is 18.5. The van der Waals surface area contributed by atoms with Crippen molar-refractivity contribution in [2.24, 2.45) is 0 Å². The van der Waals surface area contributed by atoms with Gasteiger partial charge in [0, 0.05) is 31.9 Å². The van der Waals surface area contributed by atoms with E-state index in [2.05, 4.69) is 31.5 Å². The number of benzene rings is 1. The van der Waals surface area contributed by atoms with Crippen molar-refractivity contribution >= 4 is 21.7 Å². The Bertz CT molecular complexity index is 1330. The van der Waals surface area contributed by atoms with Crippen molar-refractivity contribution in [3.63, 3.8) is 0 Å². The van der Waals surface area contributed by atoms with Crippen molar-refractivity contribution in [3.8, 4) is 17.7 Å². The first-order valence-electron chi connectivity index (χ1n) is 10.9. The smallest absolute Gasteiger partial charge is 0.337 e. The fraction of sp³-hybridized carbons (Fsp3) is 0.348. The predicted molar refractivity (Wildman–Crippen MR) is 123 cm³/mol. The maximum absolute atomic E-state index is 12.1. The lowest BCUT2D eigenvalue weighted by molar-refractivity contribution is 0.0444. The van der Waals surface area contributed by atoms with E-state index in [0.717, 1.165) is 29.8 Å². The van der Waals surface area contributed by atoms with Gasteiger partial charge in [-0.05, 0) is 48.2 Å². The van der Waals surface area contributed by atoms with E-state index in [0.29, 0.717) is 47.3 Å². The molecule has 1 atom stereocenters. The van der Waals surface area contributed by atoms with Gasteiger partial charge in [0.2, 0.25) is 5.89 Å². The van der Waals surface area contributed by atoms with E-state index in [9.17, 15) is 4.79 Å². The van der Waals surface area contributed by atoms with E-state index in [1.54, 1.807) is 12.1 Å². The third-order valence-electron chi connectivity index (χ3n) is 6.29. The van der Waals surface area contributed by atoms with Crippen molar-refractivity contribution < 1.29 is 13.9 Å². The number of aromatic nitrogens is 3. The van der Waals surface area contributed by atoms with Crippen LogP contribution in [-0.4, -0.2) is 61.4 Å². The summed E-state index contributed by atoms with van der Waals surface area (Å²) in [5.41, 5.74) is 4.62. The number of cyclic esters (lactones) is 1. The molecule has 1 N–H and O–H groups in total. The number of nitrogens with one attached hydrogen (secondary N) is 1. The molecule has 11 heteroatoms. The third kappa shape index (κ3) is 3.89. The number of nitriles is 1. The van der Waals surface area contributed by atoms with Crippen LogP contribution in [0.1, 0.15) is 50.1 Å². The summed E-state index contributed by atoms with van der Waals surface area (Å²) in [7, 11) is 12.1. The summed E-state index contributed by atoms with van der Waals surface area (Å²) in [6.45, 7) is 6.45. The van der Waals surface area contributed by atoms with Gasteiger partial charge >= 0.3 is 5.97 Å². The van der Waals surface area contributed by atoms with Crippen LogP contribution in [0.15, 0.2) is 28.8 Å². The normalized spacial score (nSPS) is 19.4. The van der Waals surface area contributed by atoms with E-state index in [1.807, 2.05) is 19.9 Å². The van der Waals surface area contributed by atoms with Crippen LogP contribution in [0.3, 0.4) is 0 Å². The predicted octanol–water partition coefficient (Wildman–Crippen LogP) is 1.38. The van der Waals surface area contributed by atoms with E-state index < -0.39 is 11.4 Å². The highest BCUT2D eigenvalue weighted by molar-refractivity contribution is 6.41. The summed E-state index contributed by atoms with van der Waals surface area (Å²) in [6.07, 6.45) is 1.50. The van der Waals surface area contributed by atoms with Gasteiger partial charge < -0.3 is 14.5 Å². The second-order valence-electron chi connectivity index (χ2n) is 8.62. The molecule has 1 saturated heterocycles. The summed E-state index contributed by atoms with van der Waals surface area (Å²) >= 11 is 0. The third-order valence-corrected chi connectivity index (χ3v) is 6.29. The number of aryl methyl sites for hydroxylation is 1. The number of fused-ring (bicyclic) bond motifs is 1. The van der Waals surface area contributed by atoms with Crippen molar-refractivity contribution in [2.75, 3.05) is 19.6 Å². The number of carbonyl (C=O) groups is 1. The lowest BCUT2D eigenvalue weighted by atomic mass is 9.60. The number of carbonyl (C=O) groups excluding carboxylic acids is 1. The number of pyridine rings is 1. The van der Waals surface area contributed by atoms with Crippen LogP contribution in [0.5, 0.6) is 0 Å². The van der Waals surface area contributed by atoms with Crippen molar-refractivity contribution in [1.29, 1.82) is 5.26 Å². The zero-order chi connectivity index (χ0) is 24.0. The van der Waals surface area contributed by atoms with Gasteiger partial charge in [0.15, 0.2) is 0 Å². The molecule has 4 heterocycles. The summed E-state index contributed by atoms with van der Waals surface area (Å²) < 4.78 is 11.0. The molecule has 0 amide bonds. The van der Waals surface area contributed by atoms with Gasteiger partial charge in [-0.3, -0.25) is 4.90 Å². The summed E-state index contributed by atoms with van der Waals surface area (Å²) in [5.74, 6) is 0.287. The molecule has 166 valence electrons. The highest BCUT2D eigenvalue weighted by Crippen LogP contribution is 2.37. The fourth-order valence-corrected chi connectivity index (χ4v) is 4.60. The molecule has 0 spiro atoms. The molecule has 2 aliphatic rings. The molecule has 9 nitrogen and oxygen atoms in total. The molecule has 2 aliphatic heterocycles. The monoisotopic (exact) mass is 450 g/mol. The molecule has 0 saturated carbocycles. The molecule has 0 bridgehead atoms. The van der Waals surface area contributed by atoms with Crippen LogP contribution >= 0.6 is 0 Å². The van der Waals surface area contributed by atoms with Crippen LogP contribution in [0.4, 0.5) is 0 Å². The average Bonchev–Trinajstić information content (AvgIpc) is 3.35. The molecule has 3 aromatic rings. The minimum Gasteiger partial charge on any atom is -0.471 e. The number of nitrogens with zero attached hydrogens (tertiary/aromatic N) is 5. The van der Waals surface area contributed by atoms with Crippen LogP contribution in [0.2, 0.25) is 0 Å². The van der Waals surface area contributed by atoms with E-state index in [1.165, 1.54) is 6.20 Å². The van der Waals surface area contributed by atoms with Gasteiger partial charge in [0.25, 0.3) is 5.89 Å². The van der Waals surface area contributed by atoms with Crippen molar-refractivity contribution in [3.05, 3.63) is 63.7 Å². The Morgan fingerprint density at radius 1 is 1.32 bits per heavy atom. The van der Waals surface area contributed by atoms with Crippen LogP contribution < -0.4 is 5.32 Å². The summed E-state index contributed by atoms with van der Waals surface area (Å²) in [5, 5.41) is 19.3. The van der Waals surface area contributed by atoms with Gasteiger partial charge in [0.1, 0.15) is 27.5 Å². The van der Waals surface area contributed by atoms with Gasteiger partial charge in [-0.15, -0.1) is 10.2 Å². The largest absolute Gasteiger partial charge is 0.471 e. The summed E-state index contributed by atoms with van der Waals surface area (Å²) in [6, 6.07) is 7.49. The first-order chi connectivity index (χ1) is 16.3. The lowest BCUT2D eigenvalue weighted by Crippen LogP contribution is -2.45. The topological polar surface area (TPSA) is 117 Å². The van der Waals surface area contributed by atoms with E-state index in [4.69, 9.17) is 30.1 Å². The van der Waals surface area contributed by atoms with E-state index >= 15 is 0 Å². The molecule has 0 aliphatic carbocycles. The highest BCUT2D eigenvalue weighted by Gasteiger charge is 2.39. The van der Waals surface area contributed by atoms with Gasteiger partial charge in [-0.2, -0.15) is 5.26 Å². The number of hydrogen-bond acceptors (Lipinski definition) is 9. The maximum Gasteiger partial charge on any atom is 0.337 e. The Labute approximate surface area is 199 Å². The Kier molecular flexibility index (Phi) is 5.50. The molecule has 1 aromatic carbocycles. The van der Waals surface area contributed by atoms with Crippen LogP contribution in [0, 0.1) is 25.2 Å². The lowest BCUT2D eigenvalue weighted by Gasteiger charge is -2.34. The number of rotatable bonds is 4. The van der Waals surface area contributed by atoms with Gasteiger partial charge in [-0.25, -0.2) is 9.78 Å². The molecule has 0 unspecified atom stereocenters. The number of hydrogen-bond donors (Lipinski definition) is 1. The first kappa shape index (κ1) is 22.3. The SMILES string of the molecule is [B]C1([B])OC(=O)c2ccc([C@@H]3CN(Cc4nnc(-c5cc(C)c(C#N)cn5)o4)CCN3)c(C)c21. The Morgan fingerprint density at radius 3 is 2.91 bits per heavy atom. The van der Waals surface area contributed by atoms with Gasteiger partial charge in [-0.1, -0.05) is 6.07 Å². The molecule has 1 fully saturated rings. The minimum atomic E-state index is -1.63. The molecular formula is C23H20B2N6O3.